The van der Waals surface area contributed by atoms with Crippen LogP contribution in [-0.2, 0) is 28.2 Å². The van der Waals surface area contributed by atoms with Crippen molar-refractivity contribution in [3.8, 4) is 0 Å². The predicted molar refractivity (Wildman–Crippen MR) is 135 cm³/mol. The third-order valence-electron chi connectivity index (χ3n) is 6.20. The number of nitrogens with zero attached hydrogens (tertiary/aromatic N) is 3. The van der Waals surface area contributed by atoms with Gasteiger partial charge in [0.1, 0.15) is 5.69 Å². The van der Waals surface area contributed by atoms with Crippen LogP contribution < -0.4 is 10.7 Å². The fraction of sp³-hybridized carbons (Fsp3) is 0.400. The van der Waals surface area contributed by atoms with E-state index in [4.69, 9.17) is 4.74 Å². The zero-order valence-corrected chi connectivity index (χ0v) is 21.3. The summed E-state index contributed by atoms with van der Waals surface area (Å²) in [5, 5.41) is 14.0. The Kier molecular flexibility index (Phi) is 8.54. The molecule has 1 aromatic carbocycles. The highest BCUT2D eigenvalue weighted by Crippen LogP contribution is 2.20. The largest absolute Gasteiger partial charge is 0.390 e. The van der Waals surface area contributed by atoms with Crippen LogP contribution in [0.15, 0.2) is 71.0 Å². The monoisotopic (exact) mass is 529 g/mol. The number of nitrogens with one attached hydrogen (secondary N) is 2. The van der Waals surface area contributed by atoms with Gasteiger partial charge in [-0.25, -0.2) is 13.4 Å². The number of carbonyl (C=O) groups is 1. The molecule has 1 fully saturated rings. The molecule has 4 rings (SSSR count). The maximum absolute atomic E-state index is 13.5. The Labute approximate surface area is 215 Å². The SMILES string of the molecule is Cn1cnc(S(=O)(=O)N(CC2CCCO2)CC(O)C(Cc2ccccc2)NC(=O)c2cc(=O)cc[nH]2)c1. The van der Waals surface area contributed by atoms with E-state index in [-0.39, 0.29) is 41.8 Å². The number of carbonyl (C=O) groups excluding carboxylic acids is 1. The van der Waals surface area contributed by atoms with Crippen LogP contribution in [-0.4, -0.2) is 76.2 Å². The molecule has 0 aliphatic carbocycles. The molecule has 1 saturated heterocycles. The van der Waals surface area contributed by atoms with Crippen molar-refractivity contribution < 1.29 is 23.1 Å². The molecule has 1 aliphatic rings. The molecule has 1 amide bonds. The molecule has 3 unspecified atom stereocenters. The van der Waals surface area contributed by atoms with Crippen molar-refractivity contribution in [3.63, 3.8) is 0 Å². The van der Waals surface area contributed by atoms with Crippen molar-refractivity contribution in [1.82, 2.24) is 24.2 Å². The van der Waals surface area contributed by atoms with Crippen LogP contribution in [0.25, 0.3) is 0 Å². The lowest BCUT2D eigenvalue weighted by molar-refractivity contribution is 0.0623. The van der Waals surface area contributed by atoms with Gasteiger partial charge >= 0.3 is 0 Å². The van der Waals surface area contributed by atoms with Gasteiger partial charge in [-0.3, -0.25) is 9.59 Å². The highest BCUT2D eigenvalue weighted by molar-refractivity contribution is 7.89. The third-order valence-corrected chi connectivity index (χ3v) is 7.92. The molecule has 3 aromatic rings. The summed E-state index contributed by atoms with van der Waals surface area (Å²) in [6.45, 7) is 0.308. The summed E-state index contributed by atoms with van der Waals surface area (Å²) < 4.78 is 35.4. The topological polar surface area (TPSA) is 147 Å². The van der Waals surface area contributed by atoms with E-state index in [0.717, 1.165) is 18.1 Å². The van der Waals surface area contributed by atoms with E-state index in [9.17, 15) is 23.1 Å². The van der Waals surface area contributed by atoms with E-state index in [1.165, 1.54) is 33.7 Å². The summed E-state index contributed by atoms with van der Waals surface area (Å²) in [5.41, 5.74) is 0.537. The van der Waals surface area contributed by atoms with Crippen LogP contribution in [0.1, 0.15) is 28.9 Å². The number of benzene rings is 1. The number of H-pyrrole nitrogens is 1. The Hall–Kier alpha value is -3.32. The van der Waals surface area contributed by atoms with Gasteiger partial charge in [0.15, 0.2) is 10.5 Å². The molecule has 0 saturated carbocycles. The minimum absolute atomic E-state index is 0.0371. The molecule has 3 atom stereocenters. The molecule has 1 aliphatic heterocycles. The van der Waals surface area contributed by atoms with E-state index in [2.05, 4.69) is 15.3 Å². The molecule has 2 aromatic heterocycles. The van der Waals surface area contributed by atoms with Gasteiger partial charge in [0.25, 0.3) is 15.9 Å². The number of sulfonamides is 1. The fourth-order valence-corrected chi connectivity index (χ4v) is 5.71. The second-order valence-corrected chi connectivity index (χ2v) is 11.0. The third kappa shape index (κ3) is 6.92. The fourth-order valence-electron chi connectivity index (χ4n) is 4.25. The van der Waals surface area contributed by atoms with Crippen LogP contribution >= 0.6 is 0 Å². The summed E-state index contributed by atoms with van der Waals surface area (Å²) in [4.78, 5) is 31.4. The van der Waals surface area contributed by atoms with Gasteiger partial charge < -0.3 is 24.7 Å². The number of imidazole rings is 1. The van der Waals surface area contributed by atoms with Gasteiger partial charge in [0, 0.05) is 51.3 Å². The minimum Gasteiger partial charge on any atom is -0.390 e. The number of aryl methyl sites for hydroxylation is 1. The van der Waals surface area contributed by atoms with Crippen molar-refractivity contribution in [3.05, 3.63) is 82.7 Å². The van der Waals surface area contributed by atoms with Gasteiger partial charge in [0.2, 0.25) is 0 Å². The molecule has 0 spiro atoms. The predicted octanol–water partition coefficient (Wildman–Crippen LogP) is 0.680. The molecule has 0 radical (unpaired) electrons. The number of hydrogen-bond acceptors (Lipinski definition) is 7. The van der Waals surface area contributed by atoms with Gasteiger partial charge in [-0.15, -0.1) is 0 Å². The molecule has 0 bridgehead atoms. The lowest BCUT2D eigenvalue weighted by Gasteiger charge is -2.30. The Morgan fingerprint density at radius 3 is 2.76 bits per heavy atom. The van der Waals surface area contributed by atoms with Crippen LogP contribution in [0.3, 0.4) is 0 Å². The first-order chi connectivity index (χ1) is 17.7. The average Bonchev–Trinajstić information content (AvgIpc) is 3.56. The van der Waals surface area contributed by atoms with Crippen molar-refractivity contribution in [2.24, 2.45) is 7.05 Å². The maximum Gasteiger partial charge on any atom is 0.268 e. The number of aromatic amines is 1. The highest BCUT2D eigenvalue weighted by atomic mass is 32.2. The Bertz CT molecular complexity index is 1350. The van der Waals surface area contributed by atoms with Crippen molar-refractivity contribution in [2.45, 2.75) is 42.5 Å². The number of rotatable bonds is 11. The summed E-state index contributed by atoms with van der Waals surface area (Å²) >= 11 is 0. The maximum atomic E-state index is 13.5. The van der Waals surface area contributed by atoms with Crippen LogP contribution in [0, 0.1) is 0 Å². The van der Waals surface area contributed by atoms with Crippen molar-refractivity contribution in [1.29, 1.82) is 0 Å². The Balaban J connectivity index is 1.59. The zero-order valence-electron chi connectivity index (χ0n) is 20.5. The van der Waals surface area contributed by atoms with Crippen LogP contribution in [0.2, 0.25) is 0 Å². The molecular weight excluding hydrogens is 498 g/mol. The Morgan fingerprint density at radius 1 is 1.32 bits per heavy atom. The molecule has 3 N–H and O–H groups in total. The van der Waals surface area contributed by atoms with Gasteiger partial charge in [0.05, 0.1) is 24.6 Å². The minimum atomic E-state index is -4.05. The van der Waals surface area contributed by atoms with E-state index in [1.807, 2.05) is 30.3 Å². The number of hydrogen-bond donors (Lipinski definition) is 3. The van der Waals surface area contributed by atoms with Gasteiger partial charge in [-0.05, 0) is 24.8 Å². The normalized spacial score (nSPS) is 17.5. The number of pyridine rings is 1. The highest BCUT2D eigenvalue weighted by Gasteiger charge is 2.34. The van der Waals surface area contributed by atoms with Crippen molar-refractivity contribution in [2.75, 3.05) is 19.7 Å². The average molecular weight is 530 g/mol. The van der Waals surface area contributed by atoms with Crippen LogP contribution in [0.4, 0.5) is 0 Å². The molecular formula is C25H31N5O6S. The van der Waals surface area contributed by atoms with Crippen molar-refractivity contribution >= 4 is 15.9 Å². The molecule has 3 heterocycles. The lowest BCUT2D eigenvalue weighted by Crippen LogP contribution is -2.51. The quantitative estimate of drug-likeness (QED) is 0.331. The molecule has 11 nitrogen and oxygen atoms in total. The summed E-state index contributed by atoms with van der Waals surface area (Å²) in [5.74, 6) is -0.587. The lowest BCUT2D eigenvalue weighted by atomic mass is 10.0. The second-order valence-electron chi connectivity index (χ2n) is 9.11. The van der Waals surface area contributed by atoms with E-state index in [1.54, 1.807) is 7.05 Å². The zero-order chi connectivity index (χ0) is 26.4. The number of amides is 1. The van der Waals surface area contributed by atoms with E-state index in [0.29, 0.717) is 13.0 Å². The number of aliphatic hydroxyl groups excluding tert-OH is 1. The molecule has 37 heavy (non-hydrogen) atoms. The molecule has 12 heteroatoms. The second kappa shape index (κ2) is 11.8. The van der Waals surface area contributed by atoms with E-state index >= 15 is 0 Å². The summed E-state index contributed by atoms with van der Waals surface area (Å²) in [7, 11) is -2.38. The van der Waals surface area contributed by atoms with Gasteiger partial charge in [-0.1, -0.05) is 30.3 Å². The number of ether oxygens (including phenoxy) is 1. The summed E-state index contributed by atoms with van der Waals surface area (Å²) in [6.07, 6.45) is 4.35. The van der Waals surface area contributed by atoms with Crippen LogP contribution in [0.5, 0.6) is 0 Å². The van der Waals surface area contributed by atoms with E-state index < -0.39 is 28.1 Å². The summed E-state index contributed by atoms with van der Waals surface area (Å²) in [6, 6.07) is 10.8. The molecule has 198 valence electrons. The number of aromatic nitrogens is 3. The smallest absolute Gasteiger partial charge is 0.268 e. The Morgan fingerprint density at radius 2 is 2.11 bits per heavy atom. The first-order valence-electron chi connectivity index (χ1n) is 12.0. The number of aliphatic hydroxyl groups is 1. The standard InChI is InChI=1S/C25H31N5O6S/c1-29-16-24(27-17-29)37(34,35)30(14-20-8-5-11-36-20)15-23(32)21(12-18-6-3-2-4-7-18)28-25(33)22-13-19(31)9-10-26-22/h2-4,6-7,9-10,13,16-17,20-21,23,32H,5,8,11-12,14-15H2,1H3,(H,26,31)(H,28,33). The first kappa shape index (κ1) is 26.7. The van der Waals surface area contributed by atoms with Gasteiger partial charge in [-0.2, -0.15) is 4.31 Å². The first-order valence-corrected chi connectivity index (χ1v) is 13.5.